The largest absolute Gasteiger partial charge is 0.493 e. The Morgan fingerprint density at radius 3 is 2.45 bits per heavy atom. The number of benzene rings is 2. The Balaban J connectivity index is 2.10. The van der Waals surface area contributed by atoms with Gasteiger partial charge < -0.3 is 14.2 Å². The standard InChI is InChI=1S/C17H17IO4/c1-3-21-17(19)13-6-9-15(16(10-13)20-2)22-11-12-4-7-14(18)8-5-12/h4-10H,3,11H2,1-2H3. The Labute approximate surface area is 143 Å². The Hall–Kier alpha value is -1.76. The molecule has 2 aromatic carbocycles. The van der Waals surface area contributed by atoms with Crippen LogP contribution in [0.4, 0.5) is 0 Å². The molecule has 0 heterocycles. The molecule has 0 unspecified atom stereocenters. The van der Waals surface area contributed by atoms with Gasteiger partial charge in [-0.3, -0.25) is 0 Å². The molecular weight excluding hydrogens is 395 g/mol. The third-order valence-corrected chi connectivity index (χ3v) is 3.70. The minimum atomic E-state index is -0.370. The highest BCUT2D eigenvalue weighted by Crippen LogP contribution is 2.29. The summed E-state index contributed by atoms with van der Waals surface area (Å²) in [6.07, 6.45) is 0. The van der Waals surface area contributed by atoms with Crippen LogP contribution in [0.1, 0.15) is 22.8 Å². The number of rotatable bonds is 6. The summed E-state index contributed by atoms with van der Waals surface area (Å²) < 4.78 is 17.2. The SMILES string of the molecule is CCOC(=O)c1ccc(OCc2ccc(I)cc2)c(OC)c1. The number of carbonyl (C=O) groups is 1. The first kappa shape index (κ1) is 16.6. The number of hydrogen-bond acceptors (Lipinski definition) is 4. The van der Waals surface area contributed by atoms with Crippen LogP contribution in [0.2, 0.25) is 0 Å². The van der Waals surface area contributed by atoms with Crippen molar-refractivity contribution in [3.8, 4) is 11.5 Å². The fourth-order valence-electron chi connectivity index (χ4n) is 1.87. The molecule has 2 rings (SSSR count). The zero-order valence-corrected chi connectivity index (χ0v) is 14.6. The van der Waals surface area contributed by atoms with Crippen LogP contribution < -0.4 is 9.47 Å². The maximum Gasteiger partial charge on any atom is 0.338 e. The van der Waals surface area contributed by atoms with Gasteiger partial charge in [0.1, 0.15) is 6.61 Å². The number of hydrogen-bond donors (Lipinski definition) is 0. The maximum absolute atomic E-state index is 11.7. The summed E-state index contributed by atoms with van der Waals surface area (Å²) in [6.45, 7) is 2.55. The van der Waals surface area contributed by atoms with E-state index in [0.717, 1.165) is 5.56 Å². The minimum Gasteiger partial charge on any atom is -0.493 e. The minimum absolute atomic E-state index is 0.339. The van der Waals surface area contributed by atoms with Gasteiger partial charge in [0.05, 0.1) is 19.3 Å². The second-order valence-corrected chi connectivity index (χ2v) is 5.75. The zero-order chi connectivity index (χ0) is 15.9. The van der Waals surface area contributed by atoms with Crippen molar-refractivity contribution >= 4 is 28.6 Å². The van der Waals surface area contributed by atoms with Gasteiger partial charge in [0.25, 0.3) is 0 Å². The fourth-order valence-corrected chi connectivity index (χ4v) is 2.23. The van der Waals surface area contributed by atoms with Crippen LogP contribution in [0, 0.1) is 3.57 Å². The summed E-state index contributed by atoms with van der Waals surface area (Å²) in [5.41, 5.74) is 1.51. The van der Waals surface area contributed by atoms with Crippen molar-refractivity contribution in [2.75, 3.05) is 13.7 Å². The quantitative estimate of drug-likeness (QED) is 0.531. The third kappa shape index (κ3) is 4.37. The summed E-state index contributed by atoms with van der Waals surface area (Å²) in [4.78, 5) is 11.7. The Morgan fingerprint density at radius 1 is 1.09 bits per heavy atom. The molecule has 0 saturated carbocycles. The van der Waals surface area contributed by atoms with Gasteiger partial charge in [0, 0.05) is 3.57 Å². The molecule has 0 aliphatic carbocycles. The van der Waals surface area contributed by atoms with Crippen LogP contribution >= 0.6 is 22.6 Å². The summed E-state index contributed by atoms with van der Waals surface area (Å²) in [6, 6.07) is 13.1. The van der Waals surface area contributed by atoms with Crippen LogP contribution in [0.25, 0.3) is 0 Å². The van der Waals surface area contributed by atoms with Crippen molar-refractivity contribution in [2.45, 2.75) is 13.5 Å². The van der Waals surface area contributed by atoms with E-state index in [2.05, 4.69) is 22.6 Å². The number of methoxy groups -OCH3 is 1. The lowest BCUT2D eigenvalue weighted by Crippen LogP contribution is -2.05. The molecule has 116 valence electrons. The predicted molar refractivity (Wildman–Crippen MR) is 92.4 cm³/mol. The van der Waals surface area contributed by atoms with E-state index in [1.165, 1.54) is 3.57 Å². The van der Waals surface area contributed by atoms with Crippen LogP contribution in [-0.4, -0.2) is 19.7 Å². The molecule has 0 saturated heterocycles. The second-order valence-electron chi connectivity index (χ2n) is 4.50. The highest BCUT2D eigenvalue weighted by molar-refractivity contribution is 14.1. The zero-order valence-electron chi connectivity index (χ0n) is 12.5. The average molecular weight is 412 g/mol. The van der Waals surface area contributed by atoms with E-state index in [1.54, 1.807) is 32.2 Å². The van der Waals surface area contributed by atoms with Crippen molar-refractivity contribution in [2.24, 2.45) is 0 Å². The first-order chi connectivity index (χ1) is 10.6. The molecular formula is C17H17IO4. The van der Waals surface area contributed by atoms with E-state index in [1.807, 2.05) is 24.3 Å². The molecule has 0 radical (unpaired) electrons. The average Bonchev–Trinajstić information content (AvgIpc) is 2.54. The highest BCUT2D eigenvalue weighted by Gasteiger charge is 2.12. The summed E-state index contributed by atoms with van der Waals surface area (Å²) >= 11 is 2.26. The number of halogens is 1. The van der Waals surface area contributed by atoms with Gasteiger partial charge in [-0.05, 0) is 65.4 Å². The van der Waals surface area contributed by atoms with Crippen molar-refractivity contribution in [1.82, 2.24) is 0 Å². The molecule has 0 aliphatic rings. The topological polar surface area (TPSA) is 44.8 Å². The van der Waals surface area contributed by atoms with Gasteiger partial charge in [-0.2, -0.15) is 0 Å². The van der Waals surface area contributed by atoms with Gasteiger partial charge in [0.15, 0.2) is 11.5 Å². The van der Waals surface area contributed by atoms with E-state index >= 15 is 0 Å². The fraction of sp³-hybridized carbons (Fsp3) is 0.235. The molecule has 0 aromatic heterocycles. The van der Waals surface area contributed by atoms with Crippen LogP contribution in [-0.2, 0) is 11.3 Å². The summed E-state index contributed by atoms with van der Waals surface area (Å²) in [5, 5.41) is 0. The molecule has 0 amide bonds. The summed E-state index contributed by atoms with van der Waals surface area (Å²) in [7, 11) is 1.54. The lowest BCUT2D eigenvalue weighted by molar-refractivity contribution is 0.0526. The second kappa shape index (κ2) is 8.03. The van der Waals surface area contributed by atoms with Crippen molar-refractivity contribution in [3.05, 3.63) is 57.2 Å². The number of esters is 1. The molecule has 0 fully saturated rings. The van der Waals surface area contributed by atoms with E-state index < -0.39 is 0 Å². The van der Waals surface area contributed by atoms with Crippen molar-refractivity contribution in [1.29, 1.82) is 0 Å². The summed E-state index contributed by atoms with van der Waals surface area (Å²) in [5.74, 6) is 0.732. The maximum atomic E-state index is 11.7. The van der Waals surface area contributed by atoms with Gasteiger partial charge >= 0.3 is 5.97 Å². The third-order valence-electron chi connectivity index (χ3n) is 2.98. The Bertz CT molecular complexity index is 638. The van der Waals surface area contributed by atoms with Gasteiger partial charge in [-0.1, -0.05) is 12.1 Å². The van der Waals surface area contributed by atoms with E-state index in [9.17, 15) is 4.79 Å². The molecule has 5 heteroatoms. The van der Waals surface area contributed by atoms with E-state index in [-0.39, 0.29) is 5.97 Å². The van der Waals surface area contributed by atoms with Gasteiger partial charge in [-0.25, -0.2) is 4.79 Å². The molecule has 0 spiro atoms. The molecule has 0 aliphatic heterocycles. The molecule has 22 heavy (non-hydrogen) atoms. The van der Waals surface area contributed by atoms with E-state index in [4.69, 9.17) is 14.2 Å². The monoisotopic (exact) mass is 412 g/mol. The smallest absolute Gasteiger partial charge is 0.338 e. The van der Waals surface area contributed by atoms with Gasteiger partial charge in [0.2, 0.25) is 0 Å². The number of ether oxygens (including phenoxy) is 3. The first-order valence-electron chi connectivity index (χ1n) is 6.86. The predicted octanol–water partition coefficient (Wildman–Crippen LogP) is 4.06. The molecule has 2 aromatic rings. The van der Waals surface area contributed by atoms with Crippen molar-refractivity contribution in [3.63, 3.8) is 0 Å². The molecule has 0 bridgehead atoms. The number of carbonyl (C=O) groups excluding carboxylic acids is 1. The van der Waals surface area contributed by atoms with Crippen LogP contribution in [0.15, 0.2) is 42.5 Å². The van der Waals surface area contributed by atoms with Crippen LogP contribution in [0.5, 0.6) is 11.5 Å². The Morgan fingerprint density at radius 2 is 1.82 bits per heavy atom. The first-order valence-corrected chi connectivity index (χ1v) is 7.94. The lowest BCUT2D eigenvalue weighted by atomic mass is 10.2. The molecule has 0 atom stereocenters. The lowest BCUT2D eigenvalue weighted by Gasteiger charge is -2.12. The van der Waals surface area contributed by atoms with Crippen LogP contribution in [0.3, 0.4) is 0 Å². The Kier molecular flexibility index (Phi) is 6.06. The van der Waals surface area contributed by atoms with E-state index in [0.29, 0.717) is 30.3 Å². The molecule has 4 nitrogen and oxygen atoms in total. The molecule has 0 N–H and O–H groups in total. The normalized spacial score (nSPS) is 10.1. The van der Waals surface area contributed by atoms with Crippen molar-refractivity contribution < 1.29 is 19.0 Å². The highest BCUT2D eigenvalue weighted by atomic mass is 127. The van der Waals surface area contributed by atoms with Gasteiger partial charge in [-0.15, -0.1) is 0 Å².